The number of H-pyrrole nitrogens is 1. The first-order valence-electron chi connectivity index (χ1n) is 5.99. The molecule has 0 aliphatic rings. The van der Waals surface area contributed by atoms with Gasteiger partial charge in [-0.2, -0.15) is 5.10 Å². The molecular formula is C11H13N7O3. The van der Waals surface area contributed by atoms with E-state index in [-0.39, 0.29) is 17.8 Å². The molecule has 0 fully saturated rings. The van der Waals surface area contributed by atoms with Crippen molar-refractivity contribution in [3.8, 4) is 0 Å². The van der Waals surface area contributed by atoms with Gasteiger partial charge in [-0.25, -0.2) is 4.98 Å². The van der Waals surface area contributed by atoms with Crippen LogP contribution in [0.1, 0.15) is 16.2 Å². The van der Waals surface area contributed by atoms with Gasteiger partial charge in [-0.3, -0.25) is 25.9 Å². The maximum atomic E-state index is 12.0. The lowest BCUT2D eigenvalue weighted by Crippen LogP contribution is -2.27. The molecule has 1 amide bonds. The molecular weight excluding hydrogens is 278 g/mol. The Kier molecular flexibility index (Phi) is 4.41. The van der Waals surface area contributed by atoms with Crippen molar-refractivity contribution in [3.63, 3.8) is 0 Å². The number of hydrazine groups is 1. The number of amides is 1. The van der Waals surface area contributed by atoms with Crippen molar-refractivity contribution < 1.29 is 9.72 Å². The second-order valence-electron chi connectivity index (χ2n) is 4.07. The first-order chi connectivity index (χ1) is 10.1. The molecule has 0 aliphatic carbocycles. The Hall–Kier alpha value is -3.01. The molecule has 0 saturated heterocycles. The van der Waals surface area contributed by atoms with Gasteiger partial charge < -0.3 is 10.7 Å². The molecule has 0 spiro atoms. The Bertz CT molecular complexity index is 641. The first kappa shape index (κ1) is 14.4. The van der Waals surface area contributed by atoms with Gasteiger partial charge in [-0.05, 0) is 12.1 Å². The predicted octanol–water partition coefficient (Wildman–Crippen LogP) is -0.0290. The summed E-state index contributed by atoms with van der Waals surface area (Å²) in [6.07, 6.45) is 1.80. The quantitative estimate of drug-likeness (QED) is 0.331. The average molecular weight is 291 g/mol. The molecule has 0 bridgehead atoms. The number of carbonyl (C=O) groups is 1. The van der Waals surface area contributed by atoms with Crippen LogP contribution in [0.3, 0.4) is 0 Å². The lowest BCUT2D eigenvalue weighted by molar-refractivity contribution is -0.385. The number of aromatic amines is 1. The molecule has 0 aliphatic heterocycles. The van der Waals surface area contributed by atoms with Crippen molar-refractivity contribution in [1.82, 2.24) is 20.5 Å². The highest BCUT2D eigenvalue weighted by Crippen LogP contribution is 2.22. The summed E-state index contributed by atoms with van der Waals surface area (Å²) < 4.78 is 0. The predicted molar refractivity (Wildman–Crippen MR) is 73.3 cm³/mol. The molecule has 1 aromatic heterocycles. The van der Waals surface area contributed by atoms with E-state index in [4.69, 9.17) is 5.84 Å². The highest BCUT2D eigenvalue weighted by molar-refractivity contribution is 5.99. The Balaban J connectivity index is 2.08. The van der Waals surface area contributed by atoms with E-state index in [9.17, 15) is 14.9 Å². The van der Waals surface area contributed by atoms with Crippen LogP contribution < -0.4 is 16.6 Å². The van der Waals surface area contributed by atoms with Gasteiger partial charge in [0, 0.05) is 24.7 Å². The summed E-state index contributed by atoms with van der Waals surface area (Å²) >= 11 is 0. The standard InChI is InChI=1S/C11H13N7O3/c12-16-7-1-2-9(18(20)21)8(5-7)11(19)13-4-3-10-14-6-15-17-10/h1-2,5-6,16H,3-4,12H2,(H,13,19)(H,14,15,17). The molecule has 2 rings (SSSR count). The van der Waals surface area contributed by atoms with Crippen LogP contribution in [-0.4, -0.2) is 32.6 Å². The van der Waals surface area contributed by atoms with Crippen LogP contribution in [-0.2, 0) is 6.42 Å². The van der Waals surface area contributed by atoms with E-state index >= 15 is 0 Å². The topological polar surface area (TPSA) is 152 Å². The highest BCUT2D eigenvalue weighted by Gasteiger charge is 2.20. The molecule has 5 N–H and O–H groups in total. The van der Waals surface area contributed by atoms with Gasteiger partial charge in [0.05, 0.1) is 4.92 Å². The van der Waals surface area contributed by atoms with Gasteiger partial charge in [0.2, 0.25) is 0 Å². The molecule has 0 radical (unpaired) electrons. The average Bonchev–Trinajstić information content (AvgIpc) is 2.99. The van der Waals surface area contributed by atoms with Crippen molar-refractivity contribution in [2.24, 2.45) is 5.84 Å². The van der Waals surface area contributed by atoms with Crippen molar-refractivity contribution in [2.45, 2.75) is 6.42 Å². The second kappa shape index (κ2) is 6.43. The SMILES string of the molecule is NNc1ccc([N+](=O)[O-])c(C(=O)NCCc2ncn[nH]2)c1. The summed E-state index contributed by atoms with van der Waals surface area (Å²) in [6, 6.07) is 3.96. The molecule has 110 valence electrons. The number of benzene rings is 1. The van der Waals surface area contributed by atoms with E-state index in [0.29, 0.717) is 17.9 Å². The number of nitrogens with zero attached hydrogens (tertiary/aromatic N) is 3. The van der Waals surface area contributed by atoms with E-state index < -0.39 is 10.8 Å². The Morgan fingerprint density at radius 2 is 2.29 bits per heavy atom. The number of hydrogen-bond acceptors (Lipinski definition) is 7. The van der Waals surface area contributed by atoms with Gasteiger partial charge in [0.1, 0.15) is 17.7 Å². The fourth-order valence-corrected chi connectivity index (χ4v) is 1.71. The van der Waals surface area contributed by atoms with Crippen LogP contribution >= 0.6 is 0 Å². The summed E-state index contributed by atoms with van der Waals surface area (Å²) in [5.74, 6) is 5.29. The normalized spacial score (nSPS) is 10.1. The third-order valence-electron chi connectivity index (χ3n) is 2.72. The zero-order chi connectivity index (χ0) is 15.2. The number of carbonyl (C=O) groups excluding carboxylic acids is 1. The van der Waals surface area contributed by atoms with Crippen molar-refractivity contribution in [1.29, 1.82) is 0 Å². The number of aromatic nitrogens is 3. The molecule has 1 heterocycles. The number of hydrogen-bond donors (Lipinski definition) is 4. The zero-order valence-electron chi connectivity index (χ0n) is 10.9. The summed E-state index contributed by atoms with van der Waals surface area (Å²) in [5.41, 5.74) is 2.40. The number of nitro groups is 1. The summed E-state index contributed by atoms with van der Waals surface area (Å²) in [6.45, 7) is 0.269. The monoisotopic (exact) mass is 291 g/mol. The Morgan fingerprint density at radius 1 is 1.48 bits per heavy atom. The third-order valence-corrected chi connectivity index (χ3v) is 2.72. The molecule has 0 atom stereocenters. The van der Waals surface area contributed by atoms with Gasteiger partial charge in [-0.15, -0.1) is 0 Å². The lowest BCUT2D eigenvalue weighted by atomic mass is 10.1. The number of anilines is 1. The summed E-state index contributed by atoms with van der Waals surface area (Å²) in [7, 11) is 0. The van der Waals surface area contributed by atoms with Crippen LogP contribution in [0.15, 0.2) is 24.5 Å². The van der Waals surface area contributed by atoms with E-state index in [0.717, 1.165) is 0 Å². The maximum Gasteiger partial charge on any atom is 0.282 e. The molecule has 10 nitrogen and oxygen atoms in total. The van der Waals surface area contributed by atoms with Crippen LogP contribution in [0.2, 0.25) is 0 Å². The van der Waals surface area contributed by atoms with Gasteiger partial charge in [0.25, 0.3) is 11.6 Å². The number of nitrogens with one attached hydrogen (secondary N) is 3. The van der Waals surface area contributed by atoms with E-state index in [2.05, 4.69) is 25.9 Å². The molecule has 21 heavy (non-hydrogen) atoms. The highest BCUT2D eigenvalue weighted by atomic mass is 16.6. The largest absolute Gasteiger partial charge is 0.351 e. The first-order valence-corrected chi connectivity index (χ1v) is 5.99. The number of nitrogens with two attached hydrogens (primary N) is 1. The van der Waals surface area contributed by atoms with Crippen molar-refractivity contribution >= 4 is 17.3 Å². The van der Waals surface area contributed by atoms with E-state index in [1.807, 2.05) is 0 Å². The minimum atomic E-state index is -0.619. The van der Waals surface area contributed by atoms with Crippen LogP contribution in [0.4, 0.5) is 11.4 Å². The molecule has 1 aromatic carbocycles. The fraction of sp³-hybridized carbons (Fsp3) is 0.182. The number of nitro benzene ring substituents is 1. The maximum absolute atomic E-state index is 12.0. The second-order valence-corrected chi connectivity index (χ2v) is 4.07. The Morgan fingerprint density at radius 3 is 2.90 bits per heavy atom. The molecule has 0 unspecified atom stereocenters. The van der Waals surface area contributed by atoms with E-state index in [1.165, 1.54) is 24.5 Å². The number of nitrogen functional groups attached to an aromatic ring is 1. The van der Waals surface area contributed by atoms with Crippen molar-refractivity contribution in [3.05, 3.63) is 46.0 Å². The third kappa shape index (κ3) is 3.51. The Labute approximate surface area is 118 Å². The summed E-state index contributed by atoms with van der Waals surface area (Å²) in [5, 5.41) is 19.9. The van der Waals surface area contributed by atoms with Gasteiger partial charge >= 0.3 is 0 Å². The molecule has 2 aromatic rings. The minimum absolute atomic E-state index is 0.0620. The van der Waals surface area contributed by atoms with Crippen molar-refractivity contribution in [2.75, 3.05) is 12.0 Å². The minimum Gasteiger partial charge on any atom is -0.351 e. The molecule has 0 saturated carbocycles. The van der Waals surface area contributed by atoms with Crippen LogP contribution in [0.25, 0.3) is 0 Å². The lowest BCUT2D eigenvalue weighted by Gasteiger charge is -2.07. The zero-order valence-corrected chi connectivity index (χ0v) is 10.9. The smallest absolute Gasteiger partial charge is 0.282 e. The summed E-state index contributed by atoms with van der Waals surface area (Å²) in [4.78, 5) is 26.3. The van der Waals surface area contributed by atoms with Crippen LogP contribution in [0, 0.1) is 10.1 Å². The van der Waals surface area contributed by atoms with Gasteiger partial charge in [0.15, 0.2) is 0 Å². The van der Waals surface area contributed by atoms with Gasteiger partial charge in [-0.1, -0.05) is 0 Å². The number of rotatable bonds is 6. The van der Waals surface area contributed by atoms with Crippen LogP contribution in [0.5, 0.6) is 0 Å². The fourth-order valence-electron chi connectivity index (χ4n) is 1.71. The van der Waals surface area contributed by atoms with E-state index in [1.54, 1.807) is 0 Å². The molecule has 10 heteroatoms.